The summed E-state index contributed by atoms with van der Waals surface area (Å²) in [4.78, 5) is 14.3. The van der Waals surface area contributed by atoms with Gasteiger partial charge in [0.2, 0.25) is 0 Å². The number of benzene rings is 2. The van der Waals surface area contributed by atoms with Gasteiger partial charge < -0.3 is 16.0 Å². The van der Waals surface area contributed by atoms with Crippen LogP contribution in [0.5, 0.6) is 0 Å². The first-order chi connectivity index (χ1) is 10.1. The number of nitrogens with one attached hydrogen (secondary N) is 1. The summed E-state index contributed by atoms with van der Waals surface area (Å²) in [5, 5.41) is 2.70. The average molecular weight is 281 g/mol. The van der Waals surface area contributed by atoms with Crippen molar-refractivity contribution in [2.45, 2.75) is 19.4 Å². The minimum Gasteiger partial charge on any atom is -0.399 e. The van der Waals surface area contributed by atoms with Gasteiger partial charge in [0.1, 0.15) is 0 Å². The molecule has 0 spiro atoms. The van der Waals surface area contributed by atoms with Crippen LogP contribution in [0.2, 0.25) is 0 Å². The van der Waals surface area contributed by atoms with Crippen LogP contribution in [0, 0.1) is 0 Å². The van der Waals surface area contributed by atoms with Gasteiger partial charge in [-0.2, -0.15) is 0 Å². The highest BCUT2D eigenvalue weighted by Gasteiger charge is 2.29. The summed E-state index contributed by atoms with van der Waals surface area (Å²) in [6, 6.07) is 14.0. The van der Waals surface area contributed by atoms with Crippen molar-refractivity contribution in [1.82, 2.24) is 5.32 Å². The molecule has 0 bridgehead atoms. The van der Waals surface area contributed by atoms with Crippen LogP contribution >= 0.6 is 0 Å². The van der Waals surface area contributed by atoms with Crippen molar-refractivity contribution in [2.75, 3.05) is 17.7 Å². The second-order valence-electron chi connectivity index (χ2n) is 5.41. The SMILES string of the molecule is CNC(=O)c1ccc(N)cc1N1c2ccccc2CC1C. The van der Waals surface area contributed by atoms with Crippen molar-refractivity contribution in [3.63, 3.8) is 0 Å². The Bertz CT molecular complexity index is 696. The van der Waals surface area contributed by atoms with Crippen molar-refractivity contribution < 1.29 is 4.79 Å². The molecule has 108 valence electrons. The third-order valence-corrected chi connectivity index (χ3v) is 3.96. The molecule has 0 aliphatic carbocycles. The lowest BCUT2D eigenvalue weighted by molar-refractivity contribution is 0.0963. The van der Waals surface area contributed by atoms with Crippen molar-refractivity contribution in [2.24, 2.45) is 0 Å². The van der Waals surface area contributed by atoms with Gasteiger partial charge in [-0.3, -0.25) is 4.79 Å². The molecule has 0 saturated carbocycles. The lowest BCUT2D eigenvalue weighted by Gasteiger charge is -2.27. The Kier molecular flexibility index (Phi) is 3.29. The number of carbonyl (C=O) groups is 1. The second kappa shape index (κ2) is 5.13. The van der Waals surface area contributed by atoms with Crippen LogP contribution in [-0.2, 0) is 6.42 Å². The molecule has 1 unspecified atom stereocenters. The highest BCUT2D eigenvalue weighted by Crippen LogP contribution is 2.40. The van der Waals surface area contributed by atoms with Crippen molar-refractivity contribution in [1.29, 1.82) is 0 Å². The standard InChI is InChI=1S/C17H19N3O/c1-11-9-12-5-3-4-6-15(12)20(11)16-10-13(18)7-8-14(16)17(21)19-2/h3-8,10-11H,9,18H2,1-2H3,(H,19,21). The molecule has 4 heteroatoms. The summed E-state index contributed by atoms with van der Waals surface area (Å²) < 4.78 is 0. The molecule has 4 nitrogen and oxygen atoms in total. The number of fused-ring (bicyclic) bond motifs is 1. The molecule has 3 N–H and O–H groups in total. The maximum absolute atomic E-state index is 12.1. The number of rotatable bonds is 2. The minimum absolute atomic E-state index is 0.0958. The minimum atomic E-state index is -0.0958. The van der Waals surface area contributed by atoms with Crippen LogP contribution in [0.1, 0.15) is 22.8 Å². The van der Waals surface area contributed by atoms with E-state index in [4.69, 9.17) is 5.73 Å². The van der Waals surface area contributed by atoms with E-state index in [1.807, 2.05) is 18.2 Å². The van der Waals surface area contributed by atoms with Gasteiger partial charge in [-0.1, -0.05) is 18.2 Å². The molecule has 0 aromatic heterocycles. The molecular weight excluding hydrogens is 262 g/mol. The summed E-state index contributed by atoms with van der Waals surface area (Å²) in [7, 11) is 1.64. The number of hydrogen-bond donors (Lipinski definition) is 2. The molecule has 3 rings (SSSR count). The van der Waals surface area contributed by atoms with Gasteiger partial charge in [-0.15, -0.1) is 0 Å². The molecule has 0 radical (unpaired) electrons. The predicted molar refractivity (Wildman–Crippen MR) is 86.0 cm³/mol. The first-order valence-electron chi connectivity index (χ1n) is 7.10. The molecule has 1 atom stereocenters. The Morgan fingerprint density at radius 3 is 2.76 bits per heavy atom. The average Bonchev–Trinajstić information content (AvgIpc) is 2.82. The summed E-state index contributed by atoms with van der Waals surface area (Å²) in [6.45, 7) is 2.16. The zero-order chi connectivity index (χ0) is 15.0. The van der Waals surface area contributed by atoms with Crippen LogP contribution in [0.25, 0.3) is 0 Å². The number of para-hydroxylation sites is 1. The Hall–Kier alpha value is -2.49. The van der Waals surface area contributed by atoms with Gasteiger partial charge in [-0.25, -0.2) is 0 Å². The third-order valence-electron chi connectivity index (χ3n) is 3.96. The number of anilines is 3. The van der Waals surface area contributed by atoms with Gasteiger partial charge in [0.05, 0.1) is 11.3 Å². The van der Waals surface area contributed by atoms with E-state index in [-0.39, 0.29) is 5.91 Å². The second-order valence-corrected chi connectivity index (χ2v) is 5.41. The zero-order valence-corrected chi connectivity index (χ0v) is 12.3. The molecule has 0 saturated heterocycles. The zero-order valence-electron chi connectivity index (χ0n) is 12.3. The van der Waals surface area contributed by atoms with Gasteiger partial charge in [0.15, 0.2) is 0 Å². The van der Waals surface area contributed by atoms with Crippen molar-refractivity contribution in [3.8, 4) is 0 Å². The third kappa shape index (κ3) is 2.23. The Morgan fingerprint density at radius 1 is 1.24 bits per heavy atom. The highest BCUT2D eigenvalue weighted by molar-refractivity contribution is 6.01. The molecule has 1 amide bonds. The fourth-order valence-electron chi connectivity index (χ4n) is 3.01. The molecule has 2 aromatic rings. The normalized spacial score (nSPS) is 16.7. The van der Waals surface area contributed by atoms with Gasteiger partial charge in [0.25, 0.3) is 5.91 Å². The highest BCUT2D eigenvalue weighted by atomic mass is 16.1. The van der Waals surface area contributed by atoms with E-state index in [2.05, 4.69) is 29.3 Å². The molecule has 0 fully saturated rings. The monoisotopic (exact) mass is 281 g/mol. The summed E-state index contributed by atoms with van der Waals surface area (Å²) in [5.41, 5.74) is 10.6. The lowest BCUT2D eigenvalue weighted by atomic mass is 10.1. The molecule has 1 heterocycles. The summed E-state index contributed by atoms with van der Waals surface area (Å²) >= 11 is 0. The van der Waals surface area contributed by atoms with Crippen molar-refractivity contribution >= 4 is 23.0 Å². The summed E-state index contributed by atoms with van der Waals surface area (Å²) in [6.07, 6.45) is 0.970. The molecular formula is C17H19N3O. The quantitative estimate of drug-likeness (QED) is 0.832. The van der Waals surface area contributed by atoms with Crippen molar-refractivity contribution in [3.05, 3.63) is 53.6 Å². The van der Waals surface area contributed by atoms with Crippen LogP contribution in [0.15, 0.2) is 42.5 Å². The summed E-state index contributed by atoms with van der Waals surface area (Å²) in [5.74, 6) is -0.0958. The van der Waals surface area contributed by atoms with Crippen LogP contribution in [-0.4, -0.2) is 19.0 Å². The Morgan fingerprint density at radius 2 is 2.00 bits per heavy atom. The Balaban J connectivity index is 2.16. The van der Waals surface area contributed by atoms with E-state index in [9.17, 15) is 4.79 Å². The first kappa shape index (κ1) is 13.5. The predicted octanol–water partition coefficient (Wildman–Crippen LogP) is 2.71. The number of amides is 1. The molecule has 2 aromatic carbocycles. The molecule has 1 aliphatic rings. The molecule has 21 heavy (non-hydrogen) atoms. The number of carbonyl (C=O) groups excluding carboxylic acids is 1. The van der Waals surface area contributed by atoms with Crippen LogP contribution < -0.4 is 16.0 Å². The first-order valence-corrected chi connectivity index (χ1v) is 7.10. The van der Waals surface area contributed by atoms with E-state index < -0.39 is 0 Å². The topological polar surface area (TPSA) is 58.4 Å². The fourth-order valence-corrected chi connectivity index (χ4v) is 3.01. The Labute approximate surface area is 124 Å². The number of nitrogens with two attached hydrogens (primary N) is 1. The van der Waals surface area contributed by atoms with E-state index in [1.54, 1.807) is 19.2 Å². The van der Waals surface area contributed by atoms with Crippen LogP contribution in [0.4, 0.5) is 17.1 Å². The maximum Gasteiger partial charge on any atom is 0.253 e. The van der Waals surface area contributed by atoms with E-state index in [0.717, 1.165) is 17.8 Å². The maximum atomic E-state index is 12.1. The van der Waals surface area contributed by atoms with Gasteiger partial charge >= 0.3 is 0 Å². The van der Waals surface area contributed by atoms with E-state index >= 15 is 0 Å². The number of nitrogen functional groups attached to an aromatic ring is 1. The van der Waals surface area contributed by atoms with E-state index in [0.29, 0.717) is 17.3 Å². The largest absolute Gasteiger partial charge is 0.399 e. The number of nitrogens with zero attached hydrogens (tertiary/aromatic N) is 1. The van der Waals surface area contributed by atoms with Gasteiger partial charge in [-0.05, 0) is 43.2 Å². The fraction of sp³-hybridized carbons (Fsp3) is 0.235. The number of hydrogen-bond acceptors (Lipinski definition) is 3. The smallest absolute Gasteiger partial charge is 0.253 e. The molecule has 1 aliphatic heterocycles. The van der Waals surface area contributed by atoms with E-state index in [1.165, 1.54) is 5.56 Å². The lowest BCUT2D eigenvalue weighted by Crippen LogP contribution is -2.28. The van der Waals surface area contributed by atoms with Gasteiger partial charge in [0, 0.05) is 24.5 Å². The van der Waals surface area contributed by atoms with Crippen LogP contribution in [0.3, 0.4) is 0 Å².